The standard InChI is InChI=1S/C19H28N4O3S/c1-11(2)7-19(17(24)25-18(4,5)6)8-13(16-21-12(3)23-26-16)15(22-19)14-9-27-10-20-14/h9-11,13,15,22H,7-8H2,1-6H3/t13-,15-,19+/m1/s1. The molecule has 1 aliphatic heterocycles. The minimum absolute atomic E-state index is 0.139. The Labute approximate surface area is 163 Å². The Bertz CT molecular complexity index is 781. The maximum atomic E-state index is 13.2. The second kappa shape index (κ2) is 7.31. The Morgan fingerprint density at radius 1 is 1.48 bits per heavy atom. The van der Waals surface area contributed by atoms with E-state index in [0.717, 1.165) is 5.69 Å². The van der Waals surface area contributed by atoms with Crippen LogP contribution in [0.2, 0.25) is 0 Å². The first-order chi connectivity index (χ1) is 12.6. The quantitative estimate of drug-likeness (QED) is 0.774. The molecule has 0 amide bonds. The van der Waals surface area contributed by atoms with E-state index >= 15 is 0 Å². The number of nitrogens with zero attached hydrogens (tertiary/aromatic N) is 3. The van der Waals surface area contributed by atoms with Gasteiger partial charge in [0.15, 0.2) is 5.82 Å². The highest BCUT2D eigenvalue weighted by atomic mass is 32.1. The van der Waals surface area contributed by atoms with E-state index in [1.807, 2.05) is 26.2 Å². The summed E-state index contributed by atoms with van der Waals surface area (Å²) < 4.78 is 11.3. The molecule has 2 aromatic rings. The number of hydrogen-bond acceptors (Lipinski definition) is 8. The van der Waals surface area contributed by atoms with Crippen LogP contribution in [0.5, 0.6) is 0 Å². The zero-order chi connectivity index (χ0) is 19.8. The van der Waals surface area contributed by atoms with Crippen molar-refractivity contribution in [2.75, 3.05) is 0 Å². The molecule has 1 fully saturated rings. The van der Waals surface area contributed by atoms with Crippen molar-refractivity contribution in [3.05, 3.63) is 28.3 Å². The summed E-state index contributed by atoms with van der Waals surface area (Å²) in [5, 5.41) is 9.50. The third kappa shape index (κ3) is 4.38. The number of aryl methyl sites for hydroxylation is 1. The number of hydrogen-bond donors (Lipinski definition) is 1. The van der Waals surface area contributed by atoms with Crippen LogP contribution in [-0.2, 0) is 9.53 Å². The summed E-state index contributed by atoms with van der Waals surface area (Å²) >= 11 is 1.53. The van der Waals surface area contributed by atoms with Crippen molar-refractivity contribution in [3.8, 4) is 0 Å². The van der Waals surface area contributed by atoms with Crippen LogP contribution >= 0.6 is 11.3 Å². The Balaban J connectivity index is 2.00. The average Bonchev–Trinajstić information content (AvgIpc) is 3.23. The fourth-order valence-electron chi connectivity index (χ4n) is 3.74. The fourth-order valence-corrected chi connectivity index (χ4v) is 4.33. The van der Waals surface area contributed by atoms with Gasteiger partial charge in [-0.15, -0.1) is 11.3 Å². The minimum Gasteiger partial charge on any atom is -0.459 e. The van der Waals surface area contributed by atoms with E-state index in [-0.39, 0.29) is 17.9 Å². The molecule has 8 heteroatoms. The molecule has 0 aromatic carbocycles. The molecule has 3 heterocycles. The molecular formula is C19H28N4O3S. The lowest BCUT2D eigenvalue weighted by Crippen LogP contribution is -2.52. The maximum absolute atomic E-state index is 13.2. The highest BCUT2D eigenvalue weighted by Crippen LogP contribution is 2.47. The number of ether oxygens (including phenoxy) is 1. The van der Waals surface area contributed by atoms with Gasteiger partial charge < -0.3 is 9.26 Å². The predicted octanol–water partition coefficient (Wildman–Crippen LogP) is 3.78. The Morgan fingerprint density at radius 2 is 2.22 bits per heavy atom. The first-order valence-electron chi connectivity index (χ1n) is 9.29. The topological polar surface area (TPSA) is 90.1 Å². The molecule has 3 rings (SSSR count). The third-order valence-electron chi connectivity index (χ3n) is 4.58. The lowest BCUT2D eigenvalue weighted by molar-refractivity contribution is -0.163. The van der Waals surface area contributed by atoms with Crippen LogP contribution in [0, 0.1) is 12.8 Å². The molecule has 1 saturated heterocycles. The summed E-state index contributed by atoms with van der Waals surface area (Å²) in [5.41, 5.74) is 1.30. The van der Waals surface area contributed by atoms with Gasteiger partial charge in [-0.2, -0.15) is 4.98 Å². The molecule has 148 valence electrons. The predicted molar refractivity (Wildman–Crippen MR) is 102 cm³/mol. The van der Waals surface area contributed by atoms with Gasteiger partial charge in [-0.25, -0.2) is 4.98 Å². The minimum atomic E-state index is -0.817. The van der Waals surface area contributed by atoms with Gasteiger partial charge in [-0.3, -0.25) is 10.1 Å². The monoisotopic (exact) mass is 392 g/mol. The van der Waals surface area contributed by atoms with E-state index in [0.29, 0.717) is 30.5 Å². The van der Waals surface area contributed by atoms with E-state index < -0.39 is 11.1 Å². The molecule has 3 atom stereocenters. The van der Waals surface area contributed by atoms with Crippen LogP contribution in [0.15, 0.2) is 15.4 Å². The third-order valence-corrected chi connectivity index (χ3v) is 5.18. The maximum Gasteiger partial charge on any atom is 0.326 e. The van der Waals surface area contributed by atoms with Crippen molar-refractivity contribution in [3.63, 3.8) is 0 Å². The molecule has 0 radical (unpaired) electrons. The van der Waals surface area contributed by atoms with Crippen LogP contribution in [0.3, 0.4) is 0 Å². The van der Waals surface area contributed by atoms with E-state index in [4.69, 9.17) is 9.26 Å². The van der Waals surface area contributed by atoms with Crippen molar-refractivity contribution < 1.29 is 14.1 Å². The van der Waals surface area contributed by atoms with E-state index in [9.17, 15) is 4.79 Å². The molecule has 0 unspecified atom stereocenters. The first kappa shape index (κ1) is 19.9. The zero-order valence-corrected chi connectivity index (χ0v) is 17.6. The number of nitrogens with one attached hydrogen (secondary N) is 1. The normalized spacial score (nSPS) is 25.9. The number of rotatable bonds is 5. The van der Waals surface area contributed by atoms with Gasteiger partial charge in [0.1, 0.15) is 11.1 Å². The highest BCUT2D eigenvalue weighted by Gasteiger charge is 2.54. The summed E-state index contributed by atoms with van der Waals surface area (Å²) in [6.45, 7) is 11.7. The van der Waals surface area contributed by atoms with E-state index in [1.165, 1.54) is 11.3 Å². The van der Waals surface area contributed by atoms with Crippen molar-refractivity contribution in [2.45, 2.75) is 77.5 Å². The largest absolute Gasteiger partial charge is 0.459 e. The zero-order valence-electron chi connectivity index (χ0n) is 16.8. The molecule has 7 nitrogen and oxygen atoms in total. The van der Waals surface area contributed by atoms with Gasteiger partial charge in [0.2, 0.25) is 5.89 Å². The first-order valence-corrected chi connectivity index (χ1v) is 10.2. The second-order valence-corrected chi connectivity index (χ2v) is 9.43. The fraction of sp³-hybridized carbons (Fsp3) is 0.684. The Kier molecular flexibility index (Phi) is 5.40. The van der Waals surface area contributed by atoms with Gasteiger partial charge in [0.25, 0.3) is 0 Å². The summed E-state index contributed by atoms with van der Waals surface area (Å²) in [6, 6.07) is -0.178. The lowest BCUT2D eigenvalue weighted by Gasteiger charge is -2.33. The highest BCUT2D eigenvalue weighted by molar-refractivity contribution is 7.07. The molecule has 27 heavy (non-hydrogen) atoms. The summed E-state index contributed by atoms with van der Waals surface area (Å²) in [6.07, 6.45) is 1.19. The van der Waals surface area contributed by atoms with Crippen molar-refractivity contribution in [1.82, 2.24) is 20.4 Å². The molecule has 2 aromatic heterocycles. The van der Waals surface area contributed by atoms with Crippen LogP contribution in [-0.4, -0.2) is 32.2 Å². The summed E-state index contributed by atoms with van der Waals surface area (Å²) in [5.74, 6) is 1.05. The average molecular weight is 393 g/mol. The molecular weight excluding hydrogens is 364 g/mol. The Morgan fingerprint density at radius 3 is 2.74 bits per heavy atom. The second-order valence-electron chi connectivity index (χ2n) is 8.71. The summed E-state index contributed by atoms with van der Waals surface area (Å²) in [4.78, 5) is 22.2. The lowest BCUT2D eigenvalue weighted by atomic mass is 9.84. The Hall–Kier alpha value is -1.80. The van der Waals surface area contributed by atoms with Gasteiger partial charge in [-0.1, -0.05) is 19.0 Å². The smallest absolute Gasteiger partial charge is 0.326 e. The molecule has 0 bridgehead atoms. The molecule has 0 saturated carbocycles. The SMILES string of the molecule is Cc1noc([C@@H]2C[C@@](CC(C)C)(C(=O)OC(C)(C)C)N[C@H]2c2cscn2)n1. The number of esters is 1. The van der Waals surface area contributed by atoms with Gasteiger partial charge in [0.05, 0.1) is 23.2 Å². The number of carbonyl (C=O) groups is 1. The van der Waals surface area contributed by atoms with Crippen LogP contribution in [0.4, 0.5) is 0 Å². The number of aromatic nitrogens is 3. The molecule has 1 N–H and O–H groups in total. The molecule has 0 spiro atoms. The van der Waals surface area contributed by atoms with Gasteiger partial charge >= 0.3 is 5.97 Å². The van der Waals surface area contributed by atoms with Gasteiger partial charge in [-0.05, 0) is 46.5 Å². The van der Waals surface area contributed by atoms with Crippen molar-refractivity contribution >= 4 is 17.3 Å². The van der Waals surface area contributed by atoms with E-state index in [2.05, 4.69) is 34.3 Å². The molecule has 1 aliphatic rings. The van der Waals surface area contributed by atoms with Crippen molar-refractivity contribution in [1.29, 1.82) is 0 Å². The van der Waals surface area contributed by atoms with E-state index in [1.54, 1.807) is 12.4 Å². The number of thiazole rings is 1. The van der Waals surface area contributed by atoms with Crippen LogP contribution in [0.25, 0.3) is 0 Å². The molecule has 0 aliphatic carbocycles. The van der Waals surface area contributed by atoms with Crippen LogP contribution in [0.1, 0.15) is 76.8 Å². The van der Waals surface area contributed by atoms with Gasteiger partial charge in [0, 0.05) is 5.38 Å². The number of carbonyl (C=O) groups excluding carboxylic acids is 1. The summed E-state index contributed by atoms with van der Waals surface area (Å²) in [7, 11) is 0. The van der Waals surface area contributed by atoms with Crippen molar-refractivity contribution in [2.24, 2.45) is 5.92 Å². The van der Waals surface area contributed by atoms with Crippen LogP contribution < -0.4 is 5.32 Å².